The van der Waals surface area contributed by atoms with Gasteiger partial charge in [0.05, 0.1) is 19.8 Å². The molecule has 110 valence electrons. The number of aliphatic hydroxyl groups excluding tert-OH is 3. The SMILES string of the molecule is NCCO.NCCO.NCCO.O=S(=O)(O)O. The largest absolute Gasteiger partial charge is 0.395 e. The fourth-order valence-electron chi connectivity index (χ4n) is 0. The fourth-order valence-corrected chi connectivity index (χ4v) is 0. The Morgan fingerprint density at radius 2 is 0.765 bits per heavy atom. The lowest BCUT2D eigenvalue weighted by atomic mass is 10.8. The zero-order chi connectivity index (χ0) is 14.7. The summed E-state index contributed by atoms with van der Waals surface area (Å²) in [5, 5.41) is 23.2. The van der Waals surface area contributed by atoms with Gasteiger partial charge in [-0.3, -0.25) is 9.11 Å². The van der Waals surface area contributed by atoms with Gasteiger partial charge in [0.1, 0.15) is 0 Å². The predicted molar refractivity (Wildman–Crippen MR) is 62.6 cm³/mol. The molecule has 0 fully saturated rings. The predicted octanol–water partition coefficient (Wildman–Crippen LogP) is -3.84. The van der Waals surface area contributed by atoms with E-state index in [2.05, 4.69) is 0 Å². The minimum Gasteiger partial charge on any atom is -0.395 e. The van der Waals surface area contributed by atoms with Crippen LogP contribution in [0.5, 0.6) is 0 Å². The summed E-state index contributed by atoms with van der Waals surface area (Å²) in [6.45, 7) is 1.42. The molecule has 0 saturated heterocycles. The summed E-state index contributed by atoms with van der Waals surface area (Å²) in [4.78, 5) is 0. The molecule has 0 aromatic heterocycles. The molecule has 0 spiro atoms. The zero-order valence-corrected chi connectivity index (χ0v) is 10.3. The third-order valence-corrected chi connectivity index (χ3v) is 0.387. The van der Waals surface area contributed by atoms with Crippen LogP contribution < -0.4 is 17.2 Å². The quantitative estimate of drug-likeness (QED) is 0.236. The van der Waals surface area contributed by atoms with E-state index in [4.69, 9.17) is 50.0 Å². The molecule has 11 N–H and O–H groups in total. The molecule has 0 bridgehead atoms. The van der Waals surface area contributed by atoms with E-state index in [1.54, 1.807) is 0 Å². The van der Waals surface area contributed by atoms with Crippen LogP contribution in [-0.2, 0) is 10.4 Å². The maximum Gasteiger partial charge on any atom is 0.394 e. The number of hydrogen-bond acceptors (Lipinski definition) is 8. The van der Waals surface area contributed by atoms with E-state index < -0.39 is 10.4 Å². The zero-order valence-electron chi connectivity index (χ0n) is 9.44. The summed E-state index contributed by atoms with van der Waals surface area (Å²) in [6.07, 6.45) is 0. The molecule has 0 amide bonds. The molecule has 0 saturated carbocycles. The second-order valence-corrected chi connectivity index (χ2v) is 2.88. The summed E-state index contributed by atoms with van der Waals surface area (Å²) < 4.78 is 31.6. The van der Waals surface area contributed by atoms with Gasteiger partial charge in [-0.1, -0.05) is 0 Å². The average molecular weight is 281 g/mol. The summed E-state index contributed by atoms with van der Waals surface area (Å²) >= 11 is 0. The lowest BCUT2D eigenvalue weighted by Crippen LogP contribution is -2.02. The van der Waals surface area contributed by atoms with Crippen molar-refractivity contribution in [2.75, 3.05) is 39.5 Å². The normalized spacial score (nSPS) is 8.71. The molecule has 0 aliphatic carbocycles. The number of rotatable bonds is 3. The van der Waals surface area contributed by atoms with Gasteiger partial charge in [-0.25, -0.2) is 0 Å². The summed E-state index contributed by atoms with van der Waals surface area (Å²) in [5.74, 6) is 0. The third kappa shape index (κ3) is 420. The number of hydrogen-bond donors (Lipinski definition) is 8. The highest BCUT2D eigenvalue weighted by atomic mass is 32.3. The first kappa shape index (κ1) is 25.5. The van der Waals surface area contributed by atoms with Crippen LogP contribution in [0.4, 0.5) is 0 Å². The molecule has 0 unspecified atom stereocenters. The molecule has 0 rings (SSSR count). The molecule has 17 heavy (non-hydrogen) atoms. The summed E-state index contributed by atoms with van der Waals surface area (Å²) in [6, 6.07) is 0. The number of nitrogens with two attached hydrogens (primary N) is 3. The van der Waals surface area contributed by atoms with Gasteiger partial charge >= 0.3 is 10.4 Å². The lowest BCUT2D eigenvalue weighted by molar-refractivity contribution is 0.306. The summed E-state index contributed by atoms with van der Waals surface area (Å²) in [7, 11) is -4.67. The Balaban J connectivity index is -0.0000000667. The van der Waals surface area contributed by atoms with Gasteiger partial charge in [0, 0.05) is 19.6 Å². The van der Waals surface area contributed by atoms with Gasteiger partial charge in [-0.15, -0.1) is 0 Å². The van der Waals surface area contributed by atoms with Crippen LogP contribution in [0.1, 0.15) is 0 Å². The second kappa shape index (κ2) is 24.7. The van der Waals surface area contributed by atoms with Crippen LogP contribution in [0.2, 0.25) is 0 Å². The molecule has 0 aromatic carbocycles. The number of aliphatic hydroxyl groups is 3. The molecule has 0 atom stereocenters. The molecular weight excluding hydrogens is 258 g/mol. The van der Waals surface area contributed by atoms with Crippen molar-refractivity contribution in [1.29, 1.82) is 0 Å². The Hall–Kier alpha value is -0.370. The van der Waals surface area contributed by atoms with Crippen LogP contribution >= 0.6 is 0 Å². The lowest BCUT2D eigenvalue weighted by Gasteiger charge is -1.71. The minimum absolute atomic E-state index is 0.0972. The average Bonchev–Trinajstić information content (AvgIpc) is 2.27. The highest BCUT2D eigenvalue weighted by molar-refractivity contribution is 7.79. The van der Waals surface area contributed by atoms with Gasteiger partial charge in [-0.05, 0) is 0 Å². The van der Waals surface area contributed by atoms with Crippen molar-refractivity contribution in [3.05, 3.63) is 0 Å². The van der Waals surface area contributed by atoms with E-state index >= 15 is 0 Å². The highest BCUT2D eigenvalue weighted by Gasteiger charge is 1.84. The van der Waals surface area contributed by atoms with Crippen LogP contribution in [-0.4, -0.2) is 72.3 Å². The Morgan fingerprint density at radius 3 is 0.765 bits per heavy atom. The molecule has 11 heteroatoms. The van der Waals surface area contributed by atoms with Crippen molar-refractivity contribution in [3.8, 4) is 0 Å². The van der Waals surface area contributed by atoms with Gasteiger partial charge in [0.2, 0.25) is 0 Å². The van der Waals surface area contributed by atoms with Crippen molar-refractivity contribution >= 4 is 10.4 Å². The summed E-state index contributed by atoms with van der Waals surface area (Å²) in [5.41, 5.74) is 14.3. The molecule has 0 radical (unpaired) electrons. The Morgan fingerprint density at radius 1 is 0.706 bits per heavy atom. The van der Waals surface area contributed by atoms with Crippen molar-refractivity contribution in [3.63, 3.8) is 0 Å². The molecule has 0 heterocycles. The maximum atomic E-state index is 8.74. The van der Waals surface area contributed by atoms with Crippen LogP contribution in [0.25, 0.3) is 0 Å². The minimum atomic E-state index is -4.67. The first-order valence-electron chi connectivity index (χ1n) is 4.37. The van der Waals surface area contributed by atoms with Gasteiger partial charge < -0.3 is 32.5 Å². The van der Waals surface area contributed by atoms with E-state index in [9.17, 15) is 0 Å². The molecular formula is C6H23N3O7S. The molecule has 0 aromatic rings. The standard InChI is InChI=1S/3C2H7NO.H2O4S/c3*3-1-2-4;1-5(2,3)4/h3*4H,1-3H2;(H2,1,2,3,4). The fraction of sp³-hybridized carbons (Fsp3) is 1.00. The van der Waals surface area contributed by atoms with Crippen LogP contribution in [0.3, 0.4) is 0 Å². The van der Waals surface area contributed by atoms with E-state index in [0.717, 1.165) is 0 Å². The second-order valence-electron chi connectivity index (χ2n) is 1.98. The van der Waals surface area contributed by atoms with E-state index in [-0.39, 0.29) is 19.8 Å². The van der Waals surface area contributed by atoms with Gasteiger partial charge in [-0.2, -0.15) is 8.42 Å². The Bertz CT molecular complexity index is 165. The Labute approximate surface area is 101 Å². The smallest absolute Gasteiger partial charge is 0.394 e. The molecule has 10 nitrogen and oxygen atoms in total. The van der Waals surface area contributed by atoms with Crippen LogP contribution in [0, 0.1) is 0 Å². The monoisotopic (exact) mass is 281 g/mol. The van der Waals surface area contributed by atoms with E-state index in [1.807, 2.05) is 0 Å². The van der Waals surface area contributed by atoms with Crippen LogP contribution in [0.15, 0.2) is 0 Å². The van der Waals surface area contributed by atoms with Gasteiger partial charge in [0.25, 0.3) is 0 Å². The third-order valence-electron chi connectivity index (χ3n) is 0.387. The van der Waals surface area contributed by atoms with E-state index in [1.165, 1.54) is 0 Å². The topological polar surface area (TPSA) is 213 Å². The molecule has 0 aliphatic rings. The first-order valence-corrected chi connectivity index (χ1v) is 5.77. The maximum absolute atomic E-state index is 8.74. The van der Waals surface area contributed by atoms with Crippen molar-refractivity contribution in [1.82, 2.24) is 0 Å². The Kier molecular flexibility index (Phi) is 37.1. The van der Waals surface area contributed by atoms with Crippen molar-refractivity contribution < 1.29 is 32.8 Å². The highest BCUT2D eigenvalue weighted by Crippen LogP contribution is 1.59. The van der Waals surface area contributed by atoms with Gasteiger partial charge in [0.15, 0.2) is 0 Å². The first-order chi connectivity index (χ1) is 7.74. The van der Waals surface area contributed by atoms with Crippen molar-refractivity contribution in [2.24, 2.45) is 17.2 Å². The van der Waals surface area contributed by atoms with Crippen molar-refractivity contribution in [2.45, 2.75) is 0 Å². The molecule has 0 aliphatic heterocycles. The van der Waals surface area contributed by atoms with E-state index in [0.29, 0.717) is 19.6 Å².